The highest BCUT2D eigenvalue weighted by molar-refractivity contribution is 6.42. The van der Waals surface area contributed by atoms with Crippen molar-refractivity contribution in [1.29, 1.82) is 0 Å². The summed E-state index contributed by atoms with van der Waals surface area (Å²) in [5, 5.41) is 0.729. The van der Waals surface area contributed by atoms with E-state index in [2.05, 4.69) is 4.74 Å². The molecule has 0 aliphatic rings. The highest BCUT2D eigenvalue weighted by Gasteiger charge is 2.03. The summed E-state index contributed by atoms with van der Waals surface area (Å²) in [6.07, 6.45) is 2.58. The summed E-state index contributed by atoms with van der Waals surface area (Å²) in [6.45, 7) is -0.452. The number of halogens is 2. The fraction of sp³-hybridized carbons (Fsp3) is 0.0909. The summed E-state index contributed by atoms with van der Waals surface area (Å²) in [7, 11) is 0. The van der Waals surface area contributed by atoms with E-state index in [1.807, 2.05) is 0 Å². The van der Waals surface area contributed by atoms with E-state index in [0.717, 1.165) is 6.08 Å². The van der Waals surface area contributed by atoms with Crippen molar-refractivity contribution in [3.8, 4) is 0 Å². The van der Waals surface area contributed by atoms with Gasteiger partial charge in [0, 0.05) is 6.08 Å². The van der Waals surface area contributed by atoms with Gasteiger partial charge in [-0.3, -0.25) is 4.79 Å². The van der Waals surface area contributed by atoms with Crippen molar-refractivity contribution < 1.29 is 14.3 Å². The van der Waals surface area contributed by atoms with E-state index in [-0.39, 0.29) is 0 Å². The van der Waals surface area contributed by atoms with E-state index in [9.17, 15) is 9.59 Å². The lowest BCUT2D eigenvalue weighted by Gasteiger charge is -2.00. The number of ether oxygens (including phenoxy) is 1. The molecule has 6 heteroatoms. The topological polar surface area (TPSA) is 69.4 Å². The molecule has 90 valence electrons. The molecule has 0 unspecified atom stereocenters. The molecule has 0 aliphatic heterocycles. The molecule has 0 saturated heterocycles. The quantitative estimate of drug-likeness (QED) is 0.674. The number of hydrogen-bond donors (Lipinski definition) is 1. The van der Waals surface area contributed by atoms with Crippen LogP contribution in [-0.4, -0.2) is 18.5 Å². The van der Waals surface area contributed by atoms with Gasteiger partial charge in [-0.2, -0.15) is 0 Å². The zero-order chi connectivity index (χ0) is 12.8. The molecular formula is C11H9Cl2NO3. The standard InChI is InChI=1S/C11H9Cl2NO3/c12-8-3-1-2-7(11(8)13)4-5-10(16)17-6-9(14)15/h1-5H,6H2,(H2,14,15)/b5-4+. The van der Waals surface area contributed by atoms with Crippen LogP contribution in [-0.2, 0) is 14.3 Å². The Hall–Kier alpha value is -1.52. The fourth-order valence-electron chi connectivity index (χ4n) is 0.997. The molecule has 0 saturated carbocycles. The van der Waals surface area contributed by atoms with Gasteiger partial charge in [-0.25, -0.2) is 4.79 Å². The lowest BCUT2D eigenvalue weighted by atomic mass is 10.2. The lowest BCUT2D eigenvalue weighted by molar-refractivity contribution is -0.142. The van der Waals surface area contributed by atoms with Gasteiger partial charge in [-0.15, -0.1) is 0 Å². The Labute approximate surface area is 108 Å². The Morgan fingerprint density at radius 1 is 1.35 bits per heavy atom. The van der Waals surface area contributed by atoms with E-state index in [1.54, 1.807) is 18.2 Å². The van der Waals surface area contributed by atoms with Crippen molar-refractivity contribution in [1.82, 2.24) is 0 Å². The van der Waals surface area contributed by atoms with E-state index in [1.165, 1.54) is 6.08 Å². The first kappa shape index (κ1) is 13.5. The van der Waals surface area contributed by atoms with Crippen LogP contribution in [0.4, 0.5) is 0 Å². The third-order valence-electron chi connectivity index (χ3n) is 1.74. The van der Waals surface area contributed by atoms with Crippen LogP contribution in [0.1, 0.15) is 5.56 Å². The van der Waals surface area contributed by atoms with Gasteiger partial charge in [0.25, 0.3) is 5.91 Å². The second-order valence-electron chi connectivity index (χ2n) is 3.05. The maximum Gasteiger partial charge on any atom is 0.331 e. The first-order chi connectivity index (χ1) is 8.00. The van der Waals surface area contributed by atoms with E-state index in [0.29, 0.717) is 15.6 Å². The minimum absolute atomic E-state index is 0.341. The molecule has 1 rings (SSSR count). The normalized spacial score (nSPS) is 10.5. The average Bonchev–Trinajstić information content (AvgIpc) is 2.28. The Kier molecular flexibility index (Phi) is 5.00. The minimum atomic E-state index is -0.715. The Bertz CT molecular complexity index is 472. The molecule has 0 bridgehead atoms. The van der Waals surface area contributed by atoms with Gasteiger partial charge in [0.2, 0.25) is 0 Å². The fourth-order valence-corrected chi connectivity index (χ4v) is 1.37. The van der Waals surface area contributed by atoms with E-state index >= 15 is 0 Å². The molecule has 17 heavy (non-hydrogen) atoms. The Balaban J connectivity index is 2.67. The van der Waals surface area contributed by atoms with Gasteiger partial charge in [0.1, 0.15) is 0 Å². The molecule has 0 aromatic heterocycles. The summed E-state index contributed by atoms with van der Waals surface area (Å²) < 4.78 is 4.52. The van der Waals surface area contributed by atoms with Crippen molar-refractivity contribution >= 4 is 41.2 Å². The van der Waals surface area contributed by atoms with Gasteiger partial charge in [0.15, 0.2) is 6.61 Å². The second-order valence-corrected chi connectivity index (χ2v) is 3.84. The molecular weight excluding hydrogens is 265 g/mol. The molecule has 4 nitrogen and oxygen atoms in total. The van der Waals surface area contributed by atoms with E-state index in [4.69, 9.17) is 28.9 Å². The second kappa shape index (κ2) is 6.27. The van der Waals surface area contributed by atoms with Crippen LogP contribution in [0.25, 0.3) is 6.08 Å². The summed E-state index contributed by atoms with van der Waals surface area (Å²) >= 11 is 11.7. The van der Waals surface area contributed by atoms with Crippen molar-refractivity contribution in [2.75, 3.05) is 6.61 Å². The average molecular weight is 274 g/mol. The van der Waals surface area contributed by atoms with Crippen LogP contribution >= 0.6 is 23.2 Å². The number of amides is 1. The van der Waals surface area contributed by atoms with Crippen molar-refractivity contribution in [3.05, 3.63) is 39.9 Å². The minimum Gasteiger partial charge on any atom is -0.452 e. The van der Waals surface area contributed by atoms with Gasteiger partial charge < -0.3 is 10.5 Å². The number of esters is 1. The molecule has 1 amide bonds. The molecule has 1 aromatic rings. The van der Waals surface area contributed by atoms with Crippen LogP contribution in [0.2, 0.25) is 10.0 Å². The number of carbonyl (C=O) groups excluding carboxylic acids is 2. The van der Waals surface area contributed by atoms with Crippen LogP contribution < -0.4 is 5.73 Å². The van der Waals surface area contributed by atoms with Gasteiger partial charge in [-0.05, 0) is 17.7 Å². The summed E-state index contributed by atoms with van der Waals surface area (Å²) in [6, 6.07) is 5.02. The van der Waals surface area contributed by atoms with Crippen LogP contribution in [0, 0.1) is 0 Å². The zero-order valence-electron chi connectivity index (χ0n) is 8.65. The maximum atomic E-state index is 11.1. The van der Waals surface area contributed by atoms with Crippen molar-refractivity contribution in [3.63, 3.8) is 0 Å². The van der Waals surface area contributed by atoms with Crippen molar-refractivity contribution in [2.24, 2.45) is 5.73 Å². The van der Waals surface area contributed by atoms with Gasteiger partial charge in [-0.1, -0.05) is 35.3 Å². The van der Waals surface area contributed by atoms with Crippen LogP contribution in [0.3, 0.4) is 0 Å². The predicted molar refractivity (Wildman–Crippen MR) is 65.6 cm³/mol. The number of benzene rings is 1. The Morgan fingerprint density at radius 2 is 2.06 bits per heavy atom. The van der Waals surface area contributed by atoms with Crippen molar-refractivity contribution in [2.45, 2.75) is 0 Å². The number of primary amides is 1. The van der Waals surface area contributed by atoms with Gasteiger partial charge in [0.05, 0.1) is 10.0 Å². The molecule has 1 aromatic carbocycles. The van der Waals surface area contributed by atoms with Gasteiger partial charge >= 0.3 is 5.97 Å². The summed E-state index contributed by atoms with van der Waals surface area (Å²) in [4.78, 5) is 21.5. The molecule has 0 heterocycles. The first-order valence-corrected chi connectivity index (χ1v) is 5.33. The smallest absolute Gasteiger partial charge is 0.331 e. The number of hydrogen-bond acceptors (Lipinski definition) is 3. The first-order valence-electron chi connectivity index (χ1n) is 4.58. The zero-order valence-corrected chi connectivity index (χ0v) is 10.2. The number of carbonyl (C=O) groups is 2. The van der Waals surface area contributed by atoms with Crippen LogP contribution in [0.15, 0.2) is 24.3 Å². The monoisotopic (exact) mass is 273 g/mol. The van der Waals surface area contributed by atoms with E-state index < -0.39 is 18.5 Å². The number of rotatable bonds is 4. The molecule has 0 aliphatic carbocycles. The SMILES string of the molecule is NC(=O)COC(=O)/C=C/c1cccc(Cl)c1Cl. The summed E-state index contributed by atoms with van der Waals surface area (Å²) in [5.41, 5.74) is 5.39. The summed E-state index contributed by atoms with van der Waals surface area (Å²) in [5.74, 6) is -1.40. The largest absolute Gasteiger partial charge is 0.452 e. The maximum absolute atomic E-state index is 11.1. The molecule has 0 spiro atoms. The number of nitrogens with two attached hydrogens (primary N) is 1. The molecule has 0 atom stereocenters. The molecule has 2 N–H and O–H groups in total. The highest BCUT2D eigenvalue weighted by Crippen LogP contribution is 2.26. The lowest BCUT2D eigenvalue weighted by Crippen LogP contribution is -2.19. The highest BCUT2D eigenvalue weighted by atomic mass is 35.5. The Morgan fingerprint density at radius 3 is 2.71 bits per heavy atom. The van der Waals surface area contributed by atoms with Crippen LogP contribution in [0.5, 0.6) is 0 Å². The predicted octanol–water partition coefficient (Wildman–Crippen LogP) is 2.04. The molecule has 0 radical (unpaired) electrons. The third-order valence-corrected chi connectivity index (χ3v) is 2.57. The third kappa shape index (κ3) is 4.46. The molecule has 0 fully saturated rings.